The summed E-state index contributed by atoms with van der Waals surface area (Å²) < 4.78 is 39.6. The van der Waals surface area contributed by atoms with Crippen LogP contribution >= 0.6 is 0 Å². The number of nitrogens with zero attached hydrogens (tertiary/aromatic N) is 1. The summed E-state index contributed by atoms with van der Waals surface area (Å²) in [6, 6.07) is 5.05. The highest BCUT2D eigenvalue weighted by Crippen LogP contribution is 2.28. The lowest BCUT2D eigenvalue weighted by atomic mass is 10.3. The molecule has 0 heterocycles. The average Bonchev–Trinajstić information content (AvgIpc) is 2.20. The fourth-order valence-corrected chi connectivity index (χ4v) is 0.843. The highest BCUT2D eigenvalue weighted by molar-refractivity contribution is 5.79. The standard InChI is InChI=1S/C9H4F3NO3/c10-9(11,12)8(15)16-7-4-2-1-3-6(7)13-5-14/h1-4H. The summed E-state index contributed by atoms with van der Waals surface area (Å²) in [4.78, 5) is 23.5. The van der Waals surface area contributed by atoms with Gasteiger partial charge < -0.3 is 4.74 Å². The topological polar surface area (TPSA) is 55.7 Å². The van der Waals surface area contributed by atoms with E-state index >= 15 is 0 Å². The Morgan fingerprint density at radius 1 is 1.31 bits per heavy atom. The SMILES string of the molecule is O=C=Nc1ccccc1OC(=O)C(F)(F)F. The van der Waals surface area contributed by atoms with Gasteiger partial charge in [-0.3, -0.25) is 0 Å². The summed E-state index contributed by atoms with van der Waals surface area (Å²) >= 11 is 0. The number of esters is 1. The number of hydrogen-bond acceptors (Lipinski definition) is 4. The third kappa shape index (κ3) is 2.93. The van der Waals surface area contributed by atoms with Gasteiger partial charge in [0.05, 0.1) is 0 Å². The molecule has 0 unspecified atom stereocenters. The highest BCUT2D eigenvalue weighted by Gasteiger charge is 2.41. The van der Waals surface area contributed by atoms with E-state index in [1.54, 1.807) is 0 Å². The van der Waals surface area contributed by atoms with Crippen LogP contribution in [0.3, 0.4) is 0 Å². The number of carbonyl (C=O) groups is 1. The summed E-state index contributed by atoms with van der Waals surface area (Å²) in [5, 5.41) is 0. The number of halogens is 3. The number of benzene rings is 1. The molecule has 1 aromatic rings. The summed E-state index contributed by atoms with van der Waals surface area (Å²) in [7, 11) is 0. The molecule has 0 amide bonds. The molecule has 0 fully saturated rings. The van der Waals surface area contributed by atoms with Crippen molar-refractivity contribution in [2.45, 2.75) is 6.18 Å². The van der Waals surface area contributed by atoms with Crippen LogP contribution < -0.4 is 4.74 Å². The largest absolute Gasteiger partial charge is 0.491 e. The molecule has 0 saturated carbocycles. The smallest absolute Gasteiger partial charge is 0.418 e. The summed E-state index contributed by atoms with van der Waals surface area (Å²) in [6.45, 7) is 0. The molecule has 1 aromatic carbocycles. The van der Waals surface area contributed by atoms with Crippen LogP contribution in [-0.4, -0.2) is 18.2 Å². The summed E-state index contributed by atoms with van der Waals surface area (Å²) in [5.41, 5.74) is -0.199. The number of para-hydroxylation sites is 2. The number of rotatable bonds is 2. The number of alkyl halides is 3. The Kier molecular flexibility index (Phi) is 3.42. The van der Waals surface area contributed by atoms with Crippen LogP contribution in [0.1, 0.15) is 0 Å². The lowest BCUT2D eigenvalue weighted by molar-refractivity contribution is -0.189. The molecule has 0 radical (unpaired) electrons. The molecule has 7 heteroatoms. The maximum absolute atomic E-state index is 11.9. The van der Waals surface area contributed by atoms with Crippen molar-refractivity contribution in [2.75, 3.05) is 0 Å². The Balaban J connectivity index is 2.97. The molecule has 0 aromatic heterocycles. The molecule has 0 spiro atoms. The van der Waals surface area contributed by atoms with E-state index in [1.807, 2.05) is 0 Å². The zero-order valence-electron chi connectivity index (χ0n) is 7.62. The van der Waals surface area contributed by atoms with E-state index in [1.165, 1.54) is 18.2 Å². The number of carbonyl (C=O) groups excluding carboxylic acids is 2. The van der Waals surface area contributed by atoms with Crippen LogP contribution in [-0.2, 0) is 9.59 Å². The van der Waals surface area contributed by atoms with Crippen molar-refractivity contribution < 1.29 is 27.5 Å². The van der Waals surface area contributed by atoms with Gasteiger partial charge in [0.1, 0.15) is 5.69 Å². The third-order valence-corrected chi connectivity index (χ3v) is 1.47. The van der Waals surface area contributed by atoms with E-state index in [0.717, 1.165) is 12.1 Å². The molecular formula is C9H4F3NO3. The fourth-order valence-electron chi connectivity index (χ4n) is 0.843. The lowest BCUT2D eigenvalue weighted by Gasteiger charge is -2.07. The van der Waals surface area contributed by atoms with Gasteiger partial charge in [-0.15, -0.1) is 0 Å². The Labute approximate surface area is 87.4 Å². The van der Waals surface area contributed by atoms with Gasteiger partial charge in [-0.05, 0) is 12.1 Å². The Hall–Kier alpha value is -2.14. The second kappa shape index (κ2) is 4.59. The number of aliphatic imine (C=N–C) groups is 1. The molecule has 0 N–H and O–H groups in total. The van der Waals surface area contributed by atoms with Gasteiger partial charge in [0.2, 0.25) is 6.08 Å². The third-order valence-electron chi connectivity index (χ3n) is 1.47. The van der Waals surface area contributed by atoms with Crippen LogP contribution in [0, 0.1) is 0 Å². The van der Waals surface area contributed by atoms with Crippen LogP contribution in [0.4, 0.5) is 18.9 Å². The van der Waals surface area contributed by atoms with E-state index < -0.39 is 17.9 Å². The predicted octanol–water partition coefficient (Wildman–Crippen LogP) is 2.12. The molecule has 0 bridgehead atoms. The molecule has 16 heavy (non-hydrogen) atoms. The van der Waals surface area contributed by atoms with Gasteiger partial charge in [-0.25, -0.2) is 9.59 Å². The number of isocyanates is 1. The molecule has 0 aliphatic rings. The quantitative estimate of drug-likeness (QED) is 0.339. The molecule has 0 saturated heterocycles. The van der Waals surface area contributed by atoms with E-state index in [0.29, 0.717) is 0 Å². The van der Waals surface area contributed by atoms with Gasteiger partial charge >= 0.3 is 12.1 Å². The van der Waals surface area contributed by atoms with Crippen molar-refractivity contribution >= 4 is 17.7 Å². The zero-order valence-corrected chi connectivity index (χ0v) is 7.62. The molecule has 4 nitrogen and oxygen atoms in total. The lowest BCUT2D eigenvalue weighted by Crippen LogP contribution is -2.27. The molecule has 0 aliphatic heterocycles. The first-order chi connectivity index (χ1) is 7.45. The Morgan fingerprint density at radius 3 is 2.50 bits per heavy atom. The maximum atomic E-state index is 11.9. The van der Waals surface area contributed by atoms with E-state index in [4.69, 9.17) is 0 Å². The van der Waals surface area contributed by atoms with Crippen LogP contribution in [0.5, 0.6) is 5.75 Å². The van der Waals surface area contributed by atoms with Gasteiger partial charge in [0.15, 0.2) is 5.75 Å². The average molecular weight is 231 g/mol. The minimum Gasteiger partial charge on any atom is -0.418 e. The minimum atomic E-state index is -5.10. The van der Waals surface area contributed by atoms with Crippen molar-refractivity contribution in [1.29, 1.82) is 0 Å². The molecule has 84 valence electrons. The zero-order chi connectivity index (χ0) is 12.2. The van der Waals surface area contributed by atoms with Crippen molar-refractivity contribution in [1.82, 2.24) is 0 Å². The molecule has 1 rings (SSSR count). The Morgan fingerprint density at radius 2 is 1.94 bits per heavy atom. The van der Waals surface area contributed by atoms with Gasteiger partial charge in [0, 0.05) is 0 Å². The highest BCUT2D eigenvalue weighted by atomic mass is 19.4. The first-order valence-electron chi connectivity index (χ1n) is 3.91. The summed E-state index contributed by atoms with van der Waals surface area (Å²) in [6.07, 6.45) is -3.96. The van der Waals surface area contributed by atoms with Crippen molar-refractivity contribution in [3.8, 4) is 5.75 Å². The molecule has 0 atom stereocenters. The van der Waals surface area contributed by atoms with Crippen molar-refractivity contribution in [3.05, 3.63) is 24.3 Å². The monoisotopic (exact) mass is 231 g/mol. The van der Waals surface area contributed by atoms with Gasteiger partial charge in [0.25, 0.3) is 0 Å². The molecular weight excluding hydrogens is 227 g/mol. The summed E-state index contributed by atoms with van der Waals surface area (Å²) in [5.74, 6) is -2.82. The van der Waals surface area contributed by atoms with E-state index in [-0.39, 0.29) is 5.69 Å². The molecule has 0 aliphatic carbocycles. The van der Waals surface area contributed by atoms with E-state index in [9.17, 15) is 22.8 Å². The normalized spacial score (nSPS) is 10.4. The van der Waals surface area contributed by atoms with Gasteiger partial charge in [-0.2, -0.15) is 18.2 Å². The fraction of sp³-hybridized carbons (Fsp3) is 0.111. The predicted molar refractivity (Wildman–Crippen MR) is 45.9 cm³/mol. The minimum absolute atomic E-state index is 0.199. The van der Waals surface area contributed by atoms with Crippen molar-refractivity contribution in [2.24, 2.45) is 4.99 Å². The van der Waals surface area contributed by atoms with Crippen LogP contribution in [0.25, 0.3) is 0 Å². The Bertz CT molecular complexity index is 450. The van der Waals surface area contributed by atoms with Crippen molar-refractivity contribution in [3.63, 3.8) is 0 Å². The van der Waals surface area contributed by atoms with Gasteiger partial charge in [-0.1, -0.05) is 12.1 Å². The maximum Gasteiger partial charge on any atom is 0.491 e. The van der Waals surface area contributed by atoms with Crippen LogP contribution in [0.2, 0.25) is 0 Å². The first-order valence-corrected chi connectivity index (χ1v) is 3.91. The second-order valence-electron chi connectivity index (χ2n) is 2.56. The number of hydrogen-bond donors (Lipinski definition) is 0. The number of ether oxygens (including phenoxy) is 1. The van der Waals surface area contributed by atoms with Crippen LogP contribution in [0.15, 0.2) is 29.3 Å². The first kappa shape index (κ1) is 11.9. The van der Waals surface area contributed by atoms with E-state index in [2.05, 4.69) is 9.73 Å². The second-order valence-corrected chi connectivity index (χ2v) is 2.56.